The van der Waals surface area contributed by atoms with E-state index < -0.39 is 5.97 Å². The second-order valence-electron chi connectivity index (χ2n) is 3.55. The predicted octanol–water partition coefficient (Wildman–Crippen LogP) is 3.12. The van der Waals surface area contributed by atoms with E-state index in [1.807, 2.05) is 0 Å². The summed E-state index contributed by atoms with van der Waals surface area (Å²) in [6.45, 7) is 1.93. The van der Waals surface area contributed by atoms with Crippen LogP contribution < -0.4 is 5.43 Å². The summed E-state index contributed by atoms with van der Waals surface area (Å²) in [5.41, 5.74) is 0.318. The van der Waals surface area contributed by atoms with Gasteiger partial charge in [0.05, 0.1) is 16.6 Å². The van der Waals surface area contributed by atoms with Crippen molar-refractivity contribution in [2.45, 2.75) is 6.92 Å². The molecule has 0 amide bonds. The molecule has 0 saturated carbocycles. The molecule has 0 spiro atoms. The third-order valence-corrected chi connectivity index (χ3v) is 3.38. The standard InChI is InChI=1S/C12H9BrClNO3/c1-2-18-12(17)10-9(13)11(16)7-4-3-6(14)5-8(7)15-10/h3-5H,2H2,1H3,(H,15,16). The Bertz CT molecular complexity index is 681. The third-order valence-electron chi connectivity index (χ3n) is 2.38. The monoisotopic (exact) mass is 329 g/mol. The number of fused-ring (bicyclic) bond motifs is 1. The minimum atomic E-state index is -0.580. The lowest BCUT2D eigenvalue weighted by Gasteiger charge is -2.06. The van der Waals surface area contributed by atoms with Crippen molar-refractivity contribution in [3.63, 3.8) is 0 Å². The maximum atomic E-state index is 12.1. The maximum Gasteiger partial charge on any atom is 0.356 e. The molecule has 1 heterocycles. The number of nitrogens with one attached hydrogen (secondary N) is 1. The number of carbonyl (C=O) groups is 1. The van der Waals surface area contributed by atoms with Gasteiger partial charge in [-0.1, -0.05) is 11.6 Å². The largest absolute Gasteiger partial charge is 0.461 e. The molecule has 0 saturated heterocycles. The Labute approximate surface area is 116 Å². The number of aromatic nitrogens is 1. The van der Waals surface area contributed by atoms with Gasteiger partial charge in [0.25, 0.3) is 0 Å². The fourth-order valence-corrected chi connectivity index (χ4v) is 2.23. The zero-order valence-corrected chi connectivity index (χ0v) is 11.8. The number of pyridine rings is 1. The number of hydrogen-bond donors (Lipinski definition) is 1. The first kappa shape index (κ1) is 13.1. The topological polar surface area (TPSA) is 59.2 Å². The Morgan fingerprint density at radius 1 is 1.50 bits per heavy atom. The first-order valence-corrected chi connectivity index (χ1v) is 6.40. The number of halogens is 2. The van der Waals surface area contributed by atoms with Crippen LogP contribution in [0.25, 0.3) is 10.9 Å². The van der Waals surface area contributed by atoms with Gasteiger partial charge < -0.3 is 9.72 Å². The Kier molecular flexibility index (Phi) is 3.73. The van der Waals surface area contributed by atoms with Gasteiger partial charge >= 0.3 is 5.97 Å². The van der Waals surface area contributed by atoms with Crippen LogP contribution in [0.2, 0.25) is 5.02 Å². The van der Waals surface area contributed by atoms with Gasteiger partial charge in [-0.2, -0.15) is 0 Å². The Hall–Kier alpha value is -1.33. The Morgan fingerprint density at radius 3 is 2.89 bits per heavy atom. The molecule has 0 unspecified atom stereocenters. The van der Waals surface area contributed by atoms with E-state index >= 15 is 0 Å². The van der Waals surface area contributed by atoms with Crippen LogP contribution in [-0.4, -0.2) is 17.6 Å². The normalized spacial score (nSPS) is 10.6. The third kappa shape index (κ3) is 2.28. The van der Waals surface area contributed by atoms with Crippen molar-refractivity contribution >= 4 is 44.4 Å². The van der Waals surface area contributed by atoms with Crippen LogP contribution in [0.1, 0.15) is 17.4 Å². The van der Waals surface area contributed by atoms with Crippen molar-refractivity contribution in [2.24, 2.45) is 0 Å². The molecule has 2 aromatic rings. The highest BCUT2D eigenvalue weighted by atomic mass is 79.9. The molecule has 6 heteroatoms. The zero-order chi connectivity index (χ0) is 13.3. The van der Waals surface area contributed by atoms with Gasteiger partial charge in [0, 0.05) is 10.4 Å². The second kappa shape index (κ2) is 5.12. The summed E-state index contributed by atoms with van der Waals surface area (Å²) in [4.78, 5) is 26.6. The molecule has 0 atom stereocenters. The van der Waals surface area contributed by atoms with E-state index in [1.54, 1.807) is 25.1 Å². The van der Waals surface area contributed by atoms with E-state index in [0.29, 0.717) is 15.9 Å². The van der Waals surface area contributed by atoms with E-state index in [4.69, 9.17) is 16.3 Å². The summed E-state index contributed by atoms with van der Waals surface area (Å²) in [5, 5.41) is 0.939. The first-order chi connectivity index (χ1) is 8.54. The number of aromatic amines is 1. The molecule has 18 heavy (non-hydrogen) atoms. The van der Waals surface area contributed by atoms with E-state index in [9.17, 15) is 9.59 Å². The fraction of sp³-hybridized carbons (Fsp3) is 0.167. The molecular weight excluding hydrogens is 321 g/mol. The van der Waals surface area contributed by atoms with Gasteiger partial charge in [0.15, 0.2) is 0 Å². The summed E-state index contributed by atoms with van der Waals surface area (Å²) >= 11 is 8.97. The van der Waals surface area contributed by atoms with Crippen molar-refractivity contribution in [3.8, 4) is 0 Å². The van der Waals surface area contributed by atoms with Gasteiger partial charge in [-0.25, -0.2) is 4.79 Å². The van der Waals surface area contributed by atoms with E-state index in [0.717, 1.165) is 0 Å². The molecule has 0 aliphatic rings. The summed E-state index contributed by atoms with van der Waals surface area (Å²) in [5.74, 6) is -0.580. The number of esters is 1. The lowest BCUT2D eigenvalue weighted by Crippen LogP contribution is -2.15. The number of rotatable bonds is 2. The van der Waals surface area contributed by atoms with E-state index in [-0.39, 0.29) is 22.2 Å². The number of H-pyrrole nitrogens is 1. The molecular formula is C12H9BrClNO3. The molecule has 1 N–H and O–H groups in total. The summed E-state index contributed by atoms with van der Waals surface area (Å²) in [6, 6.07) is 4.82. The highest BCUT2D eigenvalue weighted by Crippen LogP contribution is 2.20. The maximum absolute atomic E-state index is 12.1. The van der Waals surface area contributed by atoms with Crippen LogP contribution in [0, 0.1) is 0 Å². The fourth-order valence-electron chi connectivity index (χ4n) is 1.58. The van der Waals surface area contributed by atoms with Crippen LogP contribution in [0.4, 0.5) is 0 Å². The molecule has 0 radical (unpaired) electrons. The quantitative estimate of drug-likeness (QED) is 0.861. The molecule has 0 bridgehead atoms. The summed E-state index contributed by atoms with van der Waals surface area (Å²) in [7, 11) is 0. The van der Waals surface area contributed by atoms with Crippen LogP contribution in [0.5, 0.6) is 0 Å². The zero-order valence-electron chi connectivity index (χ0n) is 9.42. The minimum Gasteiger partial charge on any atom is -0.461 e. The van der Waals surface area contributed by atoms with Gasteiger partial charge in [-0.15, -0.1) is 0 Å². The van der Waals surface area contributed by atoms with Crippen molar-refractivity contribution in [1.82, 2.24) is 4.98 Å². The van der Waals surface area contributed by atoms with Gasteiger partial charge in [-0.05, 0) is 41.1 Å². The highest BCUT2D eigenvalue weighted by molar-refractivity contribution is 9.10. The van der Waals surface area contributed by atoms with Crippen LogP contribution >= 0.6 is 27.5 Å². The van der Waals surface area contributed by atoms with Crippen molar-refractivity contribution < 1.29 is 9.53 Å². The summed E-state index contributed by atoms with van der Waals surface area (Å²) in [6.07, 6.45) is 0. The Balaban J connectivity index is 2.73. The molecule has 0 fully saturated rings. The average Bonchev–Trinajstić information content (AvgIpc) is 2.33. The van der Waals surface area contributed by atoms with Gasteiger partial charge in [-0.3, -0.25) is 4.79 Å². The smallest absolute Gasteiger partial charge is 0.356 e. The minimum absolute atomic E-state index is 0.0941. The van der Waals surface area contributed by atoms with E-state index in [2.05, 4.69) is 20.9 Å². The van der Waals surface area contributed by atoms with Gasteiger partial charge in [0.1, 0.15) is 5.69 Å². The SMILES string of the molecule is CCOC(=O)c1[nH]c2cc(Cl)ccc2c(=O)c1Br. The first-order valence-electron chi connectivity index (χ1n) is 5.22. The molecule has 2 rings (SSSR count). The van der Waals surface area contributed by atoms with Crippen molar-refractivity contribution in [3.05, 3.63) is 43.6 Å². The molecule has 94 valence electrons. The lowest BCUT2D eigenvalue weighted by atomic mass is 10.2. The van der Waals surface area contributed by atoms with Crippen LogP contribution in [-0.2, 0) is 4.74 Å². The number of ether oxygens (including phenoxy) is 1. The number of carbonyl (C=O) groups excluding carboxylic acids is 1. The predicted molar refractivity (Wildman–Crippen MR) is 73.2 cm³/mol. The molecule has 0 aliphatic heterocycles. The summed E-state index contributed by atoms with van der Waals surface area (Å²) < 4.78 is 5.03. The lowest BCUT2D eigenvalue weighted by molar-refractivity contribution is 0.0518. The second-order valence-corrected chi connectivity index (χ2v) is 4.78. The Morgan fingerprint density at radius 2 is 2.22 bits per heavy atom. The molecule has 1 aromatic heterocycles. The van der Waals surface area contributed by atoms with Gasteiger partial charge in [0.2, 0.25) is 5.43 Å². The van der Waals surface area contributed by atoms with Crippen LogP contribution in [0.3, 0.4) is 0 Å². The highest BCUT2D eigenvalue weighted by Gasteiger charge is 2.17. The van der Waals surface area contributed by atoms with Crippen molar-refractivity contribution in [2.75, 3.05) is 6.61 Å². The number of benzene rings is 1. The number of hydrogen-bond acceptors (Lipinski definition) is 3. The van der Waals surface area contributed by atoms with E-state index in [1.165, 1.54) is 0 Å². The average molecular weight is 331 g/mol. The molecule has 4 nitrogen and oxygen atoms in total. The van der Waals surface area contributed by atoms with Crippen molar-refractivity contribution in [1.29, 1.82) is 0 Å². The molecule has 0 aliphatic carbocycles. The molecule has 1 aromatic carbocycles. The van der Waals surface area contributed by atoms with Crippen LogP contribution in [0.15, 0.2) is 27.5 Å².